The average Bonchev–Trinajstić information content (AvgIpc) is 3.69. The highest BCUT2D eigenvalue weighted by molar-refractivity contribution is 7.90. The van der Waals surface area contributed by atoms with Crippen molar-refractivity contribution in [1.82, 2.24) is 19.6 Å². The van der Waals surface area contributed by atoms with Gasteiger partial charge in [0.2, 0.25) is 5.88 Å². The molecule has 67 heavy (non-hydrogen) atoms. The van der Waals surface area contributed by atoms with Crippen LogP contribution in [-0.2, 0) is 24.2 Å². The van der Waals surface area contributed by atoms with Crippen LogP contribution in [0, 0.1) is 10.1 Å². The SMILES string of the molecule is CC(C)O[C@H]1CCC(CN2CCN(c3ccc(C(=O)NS(=O)(=O)c4ccc(NC[C@H]5COCCO5)c([N+](=O)[O-])c4)c(N4CCCOc5nc6[nH]ccc6cc54)c3)CC2)=C(c2ccc(Cl)cc2)C1. The minimum absolute atomic E-state index is 0.0918. The minimum Gasteiger partial charge on any atom is -0.476 e. The molecule has 3 aromatic carbocycles. The van der Waals surface area contributed by atoms with Crippen molar-refractivity contribution in [2.75, 3.05) is 87.4 Å². The summed E-state index contributed by atoms with van der Waals surface area (Å²) >= 11 is 6.29. The van der Waals surface area contributed by atoms with Gasteiger partial charge in [-0.05, 0) is 105 Å². The van der Waals surface area contributed by atoms with Gasteiger partial charge in [-0.15, -0.1) is 0 Å². The van der Waals surface area contributed by atoms with Crippen LogP contribution in [0.4, 0.5) is 28.4 Å². The van der Waals surface area contributed by atoms with E-state index in [1.165, 1.54) is 28.8 Å². The smallest absolute Gasteiger partial charge is 0.293 e. The Morgan fingerprint density at radius 2 is 1.82 bits per heavy atom. The molecule has 0 radical (unpaired) electrons. The molecule has 4 aliphatic rings. The number of rotatable bonds is 14. The monoisotopic (exact) mass is 954 g/mol. The molecule has 2 atom stereocenters. The molecular weight excluding hydrogens is 900 g/mol. The van der Waals surface area contributed by atoms with E-state index in [4.69, 9.17) is 35.5 Å². The van der Waals surface area contributed by atoms with Gasteiger partial charge in [-0.3, -0.25) is 19.8 Å². The van der Waals surface area contributed by atoms with Crippen molar-refractivity contribution in [2.45, 2.75) is 62.7 Å². The Hall–Kier alpha value is -5.76. The number of carbonyl (C=O) groups is 1. The van der Waals surface area contributed by atoms with Crippen LogP contribution in [0.15, 0.2) is 89.5 Å². The molecule has 354 valence electrons. The molecule has 0 unspecified atom stereocenters. The van der Waals surface area contributed by atoms with Crippen molar-refractivity contribution in [3.8, 4) is 5.88 Å². The molecular formula is C48H55ClN8O9S. The number of amides is 1. The summed E-state index contributed by atoms with van der Waals surface area (Å²) in [4.78, 5) is 40.1. The first-order valence-electron chi connectivity index (χ1n) is 22.8. The van der Waals surface area contributed by atoms with Crippen molar-refractivity contribution in [1.29, 1.82) is 0 Å². The number of H-pyrrole nitrogens is 1. The number of nitro benzene ring substituents is 1. The Balaban J connectivity index is 0.978. The fourth-order valence-electron chi connectivity index (χ4n) is 9.28. The number of carbonyl (C=O) groups excluding carboxylic acids is 1. The Bertz CT molecular complexity index is 2750. The number of sulfonamides is 1. The molecule has 5 heterocycles. The second-order valence-corrected chi connectivity index (χ2v) is 19.6. The fraction of sp³-hybridized carbons (Fsp3) is 0.417. The number of pyridine rings is 1. The quantitative estimate of drug-likeness (QED) is 0.0730. The Morgan fingerprint density at radius 1 is 1.00 bits per heavy atom. The third-order valence-corrected chi connectivity index (χ3v) is 14.2. The number of hydrogen-bond acceptors (Lipinski definition) is 14. The van der Waals surface area contributed by atoms with E-state index in [0.717, 1.165) is 69.1 Å². The summed E-state index contributed by atoms with van der Waals surface area (Å²) in [5.41, 5.74) is 6.27. The summed E-state index contributed by atoms with van der Waals surface area (Å²) in [6, 6.07) is 20.8. The summed E-state index contributed by atoms with van der Waals surface area (Å²) in [5, 5.41) is 16.7. The number of fused-ring (bicyclic) bond motifs is 2. The zero-order valence-electron chi connectivity index (χ0n) is 37.5. The van der Waals surface area contributed by atoms with Gasteiger partial charge in [0.05, 0.1) is 65.8 Å². The molecule has 9 rings (SSSR count). The summed E-state index contributed by atoms with van der Waals surface area (Å²) in [6.07, 6.45) is 5.15. The van der Waals surface area contributed by atoms with Crippen LogP contribution in [-0.4, -0.2) is 125 Å². The lowest BCUT2D eigenvalue weighted by atomic mass is 9.85. The first kappa shape index (κ1) is 46.4. The van der Waals surface area contributed by atoms with Crippen molar-refractivity contribution >= 4 is 72.6 Å². The molecule has 1 amide bonds. The minimum atomic E-state index is -4.60. The van der Waals surface area contributed by atoms with E-state index < -0.39 is 31.4 Å². The summed E-state index contributed by atoms with van der Waals surface area (Å²) in [5.74, 6) is -0.516. The molecule has 5 aromatic rings. The van der Waals surface area contributed by atoms with Crippen LogP contribution < -0.4 is 24.6 Å². The van der Waals surface area contributed by atoms with Gasteiger partial charge >= 0.3 is 0 Å². The van der Waals surface area contributed by atoms with E-state index in [0.29, 0.717) is 67.3 Å². The maximum absolute atomic E-state index is 14.4. The second-order valence-electron chi connectivity index (χ2n) is 17.5. The Morgan fingerprint density at radius 3 is 2.58 bits per heavy atom. The summed E-state index contributed by atoms with van der Waals surface area (Å²) < 4.78 is 53.5. The first-order chi connectivity index (χ1) is 32.4. The molecule has 2 fully saturated rings. The molecule has 19 heteroatoms. The lowest BCUT2D eigenvalue weighted by Gasteiger charge is -2.38. The molecule has 17 nitrogen and oxygen atoms in total. The van der Waals surface area contributed by atoms with Crippen molar-refractivity contribution in [2.24, 2.45) is 0 Å². The number of nitro groups is 1. The van der Waals surface area contributed by atoms with Gasteiger partial charge in [0.15, 0.2) is 0 Å². The number of benzene rings is 3. The van der Waals surface area contributed by atoms with E-state index in [-0.39, 0.29) is 36.1 Å². The standard InChI is InChI=1S/C48H55ClN8O9S/c1-31(2)66-37-10-6-34(41(26-37)32-4-7-35(49)8-5-32)29-54-17-19-55(20-18-54)36-9-12-40(43(25-36)56-16-3-21-65-48-45(56)24-33-14-15-50-46(33)52-48)47(58)53-67(61,62)39-11-13-42(44(27-39)57(59)60)51-28-38-30-63-22-23-64-38/h4-5,7-9,11-15,24-25,27,31,37-38,51H,3,6,10,16-23,26,28-30H2,1-2H3,(H,50,52)(H,53,58)/t37-,38-/m0/s1. The fourth-order valence-corrected chi connectivity index (χ4v) is 10.4. The molecule has 0 spiro atoms. The molecule has 3 aliphatic heterocycles. The van der Waals surface area contributed by atoms with Crippen LogP contribution >= 0.6 is 11.6 Å². The maximum atomic E-state index is 14.4. The number of ether oxygens (including phenoxy) is 4. The van der Waals surface area contributed by atoms with Gasteiger partial charge in [0, 0.05) is 74.2 Å². The molecule has 3 N–H and O–H groups in total. The van der Waals surface area contributed by atoms with Crippen LogP contribution in [0.25, 0.3) is 16.6 Å². The van der Waals surface area contributed by atoms with E-state index in [1.54, 1.807) is 12.3 Å². The van der Waals surface area contributed by atoms with Crippen LogP contribution in [0.1, 0.15) is 55.5 Å². The van der Waals surface area contributed by atoms with E-state index in [1.807, 2.05) is 41.3 Å². The summed E-state index contributed by atoms with van der Waals surface area (Å²) in [6.45, 7) is 10.3. The number of anilines is 4. The van der Waals surface area contributed by atoms with E-state index in [2.05, 4.69) is 50.8 Å². The lowest BCUT2D eigenvalue weighted by molar-refractivity contribution is -0.384. The number of hydrogen-bond donors (Lipinski definition) is 3. The maximum Gasteiger partial charge on any atom is 0.293 e. The third kappa shape index (κ3) is 10.7. The van der Waals surface area contributed by atoms with Crippen LogP contribution in [0.2, 0.25) is 5.02 Å². The number of aromatic nitrogens is 2. The highest BCUT2D eigenvalue weighted by Crippen LogP contribution is 2.41. The molecule has 1 aliphatic carbocycles. The average molecular weight is 956 g/mol. The molecule has 0 saturated carbocycles. The van der Waals surface area contributed by atoms with Crippen molar-refractivity contribution in [3.63, 3.8) is 0 Å². The topological polar surface area (TPSA) is 194 Å². The third-order valence-electron chi connectivity index (χ3n) is 12.6. The van der Waals surface area contributed by atoms with Gasteiger partial charge in [0.25, 0.3) is 21.6 Å². The van der Waals surface area contributed by atoms with Crippen molar-refractivity contribution < 1.29 is 37.1 Å². The van der Waals surface area contributed by atoms with Crippen LogP contribution in [0.3, 0.4) is 0 Å². The van der Waals surface area contributed by atoms with Gasteiger partial charge in [-0.25, -0.2) is 13.1 Å². The zero-order valence-corrected chi connectivity index (χ0v) is 39.1. The molecule has 0 bridgehead atoms. The van der Waals surface area contributed by atoms with Gasteiger partial charge in [-0.1, -0.05) is 29.3 Å². The Labute approximate surface area is 394 Å². The normalized spacial score (nSPS) is 19.5. The van der Waals surface area contributed by atoms with Crippen LogP contribution in [0.5, 0.6) is 5.88 Å². The largest absolute Gasteiger partial charge is 0.476 e. The predicted octanol–water partition coefficient (Wildman–Crippen LogP) is 7.54. The first-order valence-corrected chi connectivity index (χ1v) is 24.7. The Kier molecular flexibility index (Phi) is 14.0. The van der Waals surface area contributed by atoms with E-state index >= 15 is 0 Å². The number of piperazine rings is 1. The zero-order chi connectivity index (χ0) is 46.7. The van der Waals surface area contributed by atoms with Gasteiger partial charge < -0.3 is 39.0 Å². The van der Waals surface area contributed by atoms with Crippen molar-refractivity contribution in [3.05, 3.63) is 111 Å². The predicted molar refractivity (Wildman–Crippen MR) is 257 cm³/mol. The summed E-state index contributed by atoms with van der Waals surface area (Å²) in [7, 11) is -4.60. The lowest BCUT2D eigenvalue weighted by Crippen LogP contribution is -2.47. The van der Waals surface area contributed by atoms with E-state index in [9.17, 15) is 23.3 Å². The number of nitrogens with one attached hydrogen (secondary N) is 3. The highest BCUT2D eigenvalue weighted by Gasteiger charge is 2.31. The number of nitrogens with zero attached hydrogens (tertiary/aromatic N) is 5. The van der Waals surface area contributed by atoms with Gasteiger partial charge in [-0.2, -0.15) is 4.98 Å². The number of halogens is 1. The highest BCUT2D eigenvalue weighted by atomic mass is 35.5. The van der Waals surface area contributed by atoms with Gasteiger partial charge in [0.1, 0.15) is 17.0 Å². The second kappa shape index (κ2) is 20.2. The molecule has 2 saturated heterocycles. The molecule has 2 aromatic heterocycles. The number of aromatic amines is 1.